The van der Waals surface area contributed by atoms with Gasteiger partial charge in [-0.05, 0) is 36.6 Å². The Hall–Kier alpha value is -3.04. The van der Waals surface area contributed by atoms with E-state index < -0.39 is 10.0 Å². The molecule has 1 aromatic heterocycles. The third-order valence-electron chi connectivity index (χ3n) is 4.74. The zero-order chi connectivity index (χ0) is 21.7. The number of carbonyl (C=O) groups excluding carboxylic acids is 1. The summed E-state index contributed by atoms with van der Waals surface area (Å²) in [5, 5.41) is 11.9. The third-order valence-corrected chi connectivity index (χ3v) is 5.67. The van der Waals surface area contributed by atoms with Gasteiger partial charge in [0, 0.05) is 18.4 Å². The second-order valence-corrected chi connectivity index (χ2v) is 8.53. The van der Waals surface area contributed by atoms with E-state index in [1.807, 2.05) is 31.2 Å². The molecule has 158 valence electrons. The van der Waals surface area contributed by atoms with E-state index in [2.05, 4.69) is 22.4 Å². The van der Waals surface area contributed by atoms with E-state index in [0.717, 1.165) is 17.5 Å². The molecule has 0 spiro atoms. The first kappa shape index (κ1) is 21.7. The number of primary sulfonamides is 1. The third kappa shape index (κ3) is 5.52. The number of hydrogen-bond acceptors (Lipinski definition) is 6. The highest BCUT2D eigenvalue weighted by molar-refractivity contribution is 7.89. The van der Waals surface area contributed by atoms with Gasteiger partial charge in [-0.25, -0.2) is 13.6 Å². The Morgan fingerprint density at radius 2 is 1.80 bits per heavy atom. The molecule has 9 heteroatoms. The summed E-state index contributed by atoms with van der Waals surface area (Å²) in [6.07, 6.45) is 1.47. The van der Waals surface area contributed by atoms with Gasteiger partial charge in [-0.1, -0.05) is 48.5 Å². The average Bonchev–Trinajstić information content (AvgIpc) is 3.21. The number of nitrogens with zero attached hydrogens (tertiary/aromatic N) is 2. The van der Waals surface area contributed by atoms with Crippen LogP contribution in [0.1, 0.15) is 43.3 Å². The largest absolute Gasteiger partial charge is 0.350 e. The topological polar surface area (TPSA) is 128 Å². The first-order valence-corrected chi connectivity index (χ1v) is 11.1. The van der Waals surface area contributed by atoms with Crippen molar-refractivity contribution in [2.45, 2.75) is 44.0 Å². The lowest BCUT2D eigenvalue weighted by atomic mass is 10.1. The second-order valence-electron chi connectivity index (χ2n) is 6.97. The summed E-state index contributed by atoms with van der Waals surface area (Å²) in [4.78, 5) is 16.6. The predicted molar refractivity (Wildman–Crippen MR) is 112 cm³/mol. The first-order valence-electron chi connectivity index (χ1n) is 9.60. The van der Waals surface area contributed by atoms with Crippen LogP contribution in [0, 0.1) is 0 Å². The summed E-state index contributed by atoms with van der Waals surface area (Å²) in [7, 11) is -3.74. The molecule has 0 aliphatic carbocycles. The molecule has 0 aliphatic heterocycles. The van der Waals surface area contributed by atoms with E-state index in [1.54, 1.807) is 12.1 Å². The van der Waals surface area contributed by atoms with Crippen molar-refractivity contribution in [2.75, 3.05) is 0 Å². The van der Waals surface area contributed by atoms with Crippen LogP contribution in [-0.4, -0.2) is 24.5 Å². The maximum atomic E-state index is 12.3. The van der Waals surface area contributed by atoms with E-state index in [0.29, 0.717) is 18.1 Å². The molecular weight excluding hydrogens is 404 g/mol. The number of aromatic nitrogens is 2. The molecule has 8 nitrogen and oxygen atoms in total. The highest BCUT2D eigenvalue weighted by Gasteiger charge is 2.14. The van der Waals surface area contributed by atoms with Crippen LogP contribution >= 0.6 is 0 Å². The maximum absolute atomic E-state index is 12.3. The molecule has 30 heavy (non-hydrogen) atoms. The fourth-order valence-corrected chi connectivity index (χ4v) is 3.44. The van der Waals surface area contributed by atoms with Crippen molar-refractivity contribution in [1.29, 1.82) is 0 Å². The zero-order valence-corrected chi connectivity index (χ0v) is 17.6. The molecule has 3 aromatic rings. The summed E-state index contributed by atoms with van der Waals surface area (Å²) >= 11 is 0. The summed E-state index contributed by atoms with van der Waals surface area (Å²) < 4.78 is 27.9. The lowest BCUT2D eigenvalue weighted by Crippen LogP contribution is -2.26. The molecule has 0 fully saturated rings. The molecular formula is C21H24N4O4S. The minimum atomic E-state index is -3.74. The Morgan fingerprint density at radius 3 is 2.40 bits per heavy atom. The van der Waals surface area contributed by atoms with Crippen molar-refractivity contribution in [3.8, 4) is 11.4 Å². The molecule has 1 atom stereocenters. The Balaban J connectivity index is 1.53. The molecule has 1 amide bonds. The number of rotatable bonds is 8. The molecule has 3 N–H and O–H groups in total. The number of nitrogens with two attached hydrogens (primary N) is 1. The fourth-order valence-electron chi connectivity index (χ4n) is 2.93. The molecule has 0 radical (unpaired) electrons. The fraction of sp³-hybridized carbons (Fsp3) is 0.286. The van der Waals surface area contributed by atoms with Crippen molar-refractivity contribution in [1.82, 2.24) is 15.5 Å². The molecule has 1 unspecified atom stereocenters. The number of benzene rings is 2. The van der Waals surface area contributed by atoms with Crippen LogP contribution in [-0.2, 0) is 27.7 Å². The number of carbonyl (C=O) groups is 1. The standard InChI is InChI=1S/C21H24N4O4S/c1-3-15-4-6-17(7-5-15)21-24-20(29-25-21)13-12-19(26)23-14(2)16-8-10-18(11-9-16)30(22,27)28/h4-11,14H,3,12-13H2,1-2H3,(H,23,26)(H2,22,27,28). The van der Waals surface area contributed by atoms with Gasteiger partial charge in [-0.3, -0.25) is 4.79 Å². The van der Waals surface area contributed by atoms with Gasteiger partial charge < -0.3 is 9.84 Å². The molecule has 0 bridgehead atoms. The Morgan fingerprint density at radius 1 is 1.13 bits per heavy atom. The van der Waals surface area contributed by atoms with Crippen molar-refractivity contribution >= 4 is 15.9 Å². The molecule has 0 aliphatic rings. The van der Waals surface area contributed by atoms with Gasteiger partial charge in [0.2, 0.25) is 27.6 Å². The van der Waals surface area contributed by atoms with E-state index in [4.69, 9.17) is 9.66 Å². The predicted octanol–water partition coefficient (Wildman–Crippen LogP) is 2.76. The Kier molecular flexibility index (Phi) is 6.63. The van der Waals surface area contributed by atoms with Crippen LogP contribution in [0.5, 0.6) is 0 Å². The highest BCUT2D eigenvalue weighted by Crippen LogP contribution is 2.18. The molecule has 0 saturated carbocycles. The number of hydrogen-bond donors (Lipinski definition) is 2. The summed E-state index contributed by atoms with van der Waals surface area (Å²) in [5.74, 6) is 0.714. The highest BCUT2D eigenvalue weighted by atomic mass is 32.2. The maximum Gasteiger partial charge on any atom is 0.238 e. The summed E-state index contributed by atoms with van der Waals surface area (Å²) in [6.45, 7) is 3.90. The Bertz CT molecular complexity index is 1110. The van der Waals surface area contributed by atoms with E-state index in [9.17, 15) is 13.2 Å². The van der Waals surface area contributed by atoms with Crippen LogP contribution in [0.3, 0.4) is 0 Å². The molecule has 0 saturated heterocycles. The first-order chi connectivity index (χ1) is 14.3. The number of aryl methyl sites for hydroxylation is 2. The minimum absolute atomic E-state index is 0.0290. The van der Waals surface area contributed by atoms with Gasteiger partial charge in [0.15, 0.2) is 0 Å². The van der Waals surface area contributed by atoms with Crippen LogP contribution in [0.4, 0.5) is 0 Å². The number of sulfonamides is 1. The van der Waals surface area contributed by atoms with Crippen LogP contribution < -0.4 is 10.5 Å². The normalized spacial score (nSPS) is 12.5. The molecule has 1 heterocycles. The van der Waals surface area contributed by atoms with Crippen molar-refractivity contribution in [3.63, 3.8) is 0 Å². The van der Waals surface area contributed by atoms with E-state index in [-0.39, 0.29) is 23.3 Å². The average molecular weight is 429 g/mol. The quantitative estimate of drug-likeness (QED) is 0.568. The second kappa shape index (κ2) is 9.19. The van der Waals surface area contributed by atoms with Gasteiger partial charge in [-0.15, -0.1) is 0 Å². The molecule has 2 aromatic carbocycles. The van der Waals surface area contributed by atoms with E-state index >= 15 is 0 Å². The van der Waals surface area contributed by atoms with Crippen LogP contribution in [0.2, 0.25) is 0 Å². The van der Waals surface area contributed by atoms with Crippen molar-refractivity contribution in [2.24, 2.45) is 5.14 Å². The van der Waals surface area contributed by atoms with Gasteiger partial charge in [0.1, 0.15) is 0 Å². The van der Waals surface area contributed by atoms with Gasteiger partial charge >= 0.3 is 0 Å². The van der Waals surface area contributed by atoms with Gasteiger partial charge in [0.25, 0.3) is 0 Å². The van der Waals surface area contributed by atoms with E-state index in [1.165, 1.54) is 17.7 Å². The SMILES string of the molecule is CCc1ccc(-c2noc(CCC(=O)NC(C)c3ccc(S(N)(=O)=O)cc3)n2)cc1. The monoisotopic (exact) mass is 428 g/mol. The van der Waals surface area contributed by atoms with Crippen LogP contribution in [0.15, 0.2) is 57.9 Å². The lowest BCUT2D eigenvalue weighted by Gasteiger charge is -2.14. The van der Waals surface area contributed by atoms with Gasteiger partial charge in [-0.2, -0.15) is 4.98 Å². The van der Waals surface area contributed by atoms with Crippen molar-refractivity contribution in [3.05, 3.63) is 65.5 Å². The molecule has 3 rings (SSSR count). The lowest BCUT2D eigenvalue weighted by molar-refractivity contribution is -0.121. The number of amides is 1. The number of nitrogens with one attached hydrogen (secondary N) is 1. The Labute approximate surface area is 175 Å². The van der Waals surface area contributed by atoms with Crippen LogP contribution in [0.25, 0.3) is 11.4 Å². The van der Waals surface area contributed by atoms with Crippen molar-refractivity contribution < 1.29 is 17.7 Å². The summed E-state index contributed by atoms with van der Waals surface area (Å²) in [5.41, 5.74) is 2.86. The zero-order valence-electron chi connectivity index (χ0n) is 16.8. The van der Waals surface area contributed by atoms with Gasteiger partial charge in [0.05, 0.1) is 10.9 Å². The smallest absolute Gasteiger partial charge is 0.238 e. The summed E-state index contributed by atoms with van der Waals surface area (Å²) in [6, 6.07) is 13.7. The minimum Gasteiger partial charge on any atom is -0.350 e.